The minimum Gasteiger partial charge on any atom is -0.452 e. The fraction of sp³-hybridized carbons (Fsp3) is 0.214. The Bertz CT molecular complexity index is 894. The van der Waals surface area contributed by atoms with E-state index in [0.29, 0.717) is 10.4 Å². The molecule has 1 unspecified atom stereocenters. The maximum absolute atomic E-state index is 12.0. The lowest BCUT2D eigenvalue weighted by atomic mass is 10.1. The van der Waals surface area contributed by atoms with Gasteiger partial charge in [-0.15, -0.1) is 11.6 Å². The number of nitrogens with zero attached hydrogens (tertiary/aromatic N) is 2. The van der Waals surface area contributed by atoms with E-state index in [4.69, 9.17) is 16.0 Å². The quantitative estimate of drug-likeness (QED) is 0.564. The van der Waals surface area contributed by atoms with Crippen LogP contribution in [0.15, 0.2) is 42.6 Å². The highest BCUT2D eigenvalue weighted by molar-refractivity contribution is 9.10. The summed E-state index contributed by atoms with van der Waals surface area (Å²) in [6.07, 6.45) is 0. The molecule has 0 N–H and O–H groups in total. The monoisotopic (exact) mass is 432 g/mol. The van der Waals surface area contributed by atoms with Crippen LogP contribution in [0.3, 0.4) is 0 Å². The maximum atomic E-state index is 12.0. The van der Waals surface area contributed by atoms with Crippen LogP contribution in [-0.2, 0) is 14.1 Å². The number of aromatic nitrogens is 2. The largest absolute Gasteiger partial charge is 0.452 e. The molecule has 0 aliphatic carbocycles. The summed E-state index contributed by atoms with van der Waals surface area (Å²) >= 11 is 13.3. The van der Waals surface area contributed by atoms with Crippen molar-refractivity contribution >= 4 is 54.5 Å². The lowest BCUT2D eigenvalue weighted by Crippen LogP contribution is -2.19. The Morgan fingerprint density at radius 2 is 1.76 bits per heavy atom. The van der Waals surface area contributed by atoms with Crippen molar-refractivity contribution in [2.75, 3.05) is 0 Å². The van der Waals surface area contributed by atoms with Gasteiger partial charge in [0.15, 0.2) is 4.67 Å². The third-order valence-electron chi connectivity index (χ3n) is 3.51. The molecule has 0 bridgehead atoms. The molecule has 0 saturated heterocycles. The van der Waals surface area contributed by atoms with Gasteiger partial charge < -0.3 is 4.42 Å². The van der Waals surface area contributed by atoms with Gasteiger partial charge >= 0.3 is 5.69 Å². The summed E-state index contributed by atoms with van der Waals surface area (Å²) in [5.74, 6) is 0.643. The summed E-state index contributed by atoms with van der Waals surface area (Å²) in [4.78, 5) is 12.0. The van der Waals surface area contributed by atoms with Gasteiger partial charge in [0.1, 0.15) is 11.1 Å². The molecule has 21 heavy (non-hydrogen) atoms. The van der Waals surface area contributed by atoms with Crippen LogP contribution in [0, 0.1) is 0 Å². The number of fused-ring (bicyclic) bond motifs is 1. The van der Waals surface area contributed by atoms with Crippen LogP contribution in [-0.4, -0.2) is 9.13 Å². The average molecular weight is 435 g/mol. The highest BCUT2D eigenvalue weighted by Crippen LogP contribution is 2.37. The van der Waals surface area contributed by atoms with Crippen LogP contribution in [0.2, 0.25) is 0 Å². The smallest absolute Gasteiger partial charge is 0.328 e. The summed E-state index contributed by atoms with van der Waals surface area (Å²) in [5.41, 5.74) is 2.47. The fourth-order valence-corrected chi connectivity index (χ4v) is 3.66. The molecule has 1 aromatic carbocycles. The molecule has 0 aliphatic heterocycles. The van der Waals surface area contributed by atoms with Crippen molar-refractivity contribution < 1.29 is 4.42 Å². The molecular weight excluding hydrogens is 423 g/mol. The van der Waals surface area contributed by atoms with Crippen molar-refractivity contribution in [1.82, 2.24) is 9.13 Å². The highest BCUT2D eigenvalue weighted by Gasteiger charge is 2.20. The van der Waals surface area contributed by atoms with Gasteiger partial charge in [-0.2, -0.15) is 0 Å². The predicted octanol–water partition coefficient (Wildman–Crippen LogP) is 4.32. The van der Waals surface area contributed by atoms with Crippen LogP contribution in [0.1, 0.15) is 16.7 Å². The Morgan fingerprint density at radius 1 is 1.14 bits per heavy atom. The molecular formula is C14H11Br2ClN2O2. The van der Waals surface area contributed by atoms with Crippen LogP contribution < -0.4 is 5.69 Å². The number of alkyl halides is 1. The molecule has 2 aromatic heterocycles. The molecule has 0 fully saturated rings. The Labute approximate surface area is 142 Å². The number of halogens is 3. The Kier molecular flexibility index (Phi) is 3.80. The van der Waals surface area contributed by atoms with E-state index < -0.39 is 5.38 Å². The molecule has 3 rings (SSSR count). The number of hydrogen-bond acceptors (Lipinski definition) is 2. The van der Waals surface area contributed by atoms with E-state index in [9.17, 15) is 4.79 Å². The van der Waals surface area contributed by atoms with Crippen molar-refractivity contribution in [1.29, 1.82) is 0 Å². The lowest BCUT2D eigenvalue weighted by Gasteiger charge is -2.10. The van der Waals surface area contributed by atoms with Crippen molar-refractivity contribution in [3.8, 4) is 0 Å². The second-order valence-electron chi connectivity index (χ2n) is 4.77. The van der Waals surface area contributed by atoms with Crippen molar-refractivity contribution in [2.45, 2.75) is 5.38 Å². The molecule has 0 saturated carbocycles. The minimum absolute atomic E-state index is 0.0686. The summed E-state index contributed by atoms with van der Waals surface area (Å²) in [5, 5.41) is -0.439. The van der Waals surface area contributed by atoms with Gasteiger partial charge in [0.2, 0.25) is 0 Å². The van der Waals surface area contributed by atoms with Gasteiger partial charge in [-0.1, -0.05) is 15.9 Å². The molecule has 2 heterocycles. The average Bonchev–Trinajstić information content (AvgIpc) is 2.97. The number of imidazole rings is 1. The first kappa shape index (κ1) is 14.9. The van der Waals surface area contributed by atoms with Crippen LogP contribution in [0.25, 0.3) is 11.0 Å². The minimum atomic E-state index is -0.439. The second-order valence-corrected chi connectivity index (χ2v) is 6.84. The molecule has 0 spiro atoms. The number of rotatable bonds is 2. The zero-order valence-electron chi connectivity index (χ0n) is 11.2. The van der Waals surface area contributed by atoms with Gasteiger partial charge in [-0.3, -0.25) is 9.13 Å². The van der Waals surface area contributed by atoms with Crippen LogP contribution >= 0.6 is 43.5 Å². The zero-order valence-corrected chi connectivity index (χ0v) is 15.2. The van der Waals surface area contributed by atoms with Crippen molar-refractivity contribution in [3.63, 3.8) is 0 Å². The molecule has 4 nitrogen and oxygen atoms in total. The number of hydrogen-bond donors (Lipinski definition) is 0. The normalized spacial score (nSPS) is 13.0. The summed E-state index contributed by atoms with van der Waals surface area (Å²) in [6.45, 7) is 0. The topological polar surface area (TPSA) is 40.1 Å². The molecule has 1 atom stereocenters. The number of aryl methyl sites for hydroxylation is 2. The Morgan fingerprint density at radius 3 is 2.33 bits per heavy atom. The SMILES string of the molecule is Cn1c(=O)n(C)c2cc(C(Cl)c3ccc(Br)o3)c(Br)cc21. The van der Waals surface area contributed by atoms with Crippen molar-refractivity contribution in [2.24, 2.45) is 14.1 Å². The van der Waals surface area contributed by atoms with Gasteiger partial charge in [-0.25, -0.2) is 4.79 Å². The molecule has 0 radical (unpaired) electrons. The van der Waals surface area contributed by atoms with Gasteiger partial charge in [-0.05, 0) is 45.8 Å². The standard InChI is InChI=1S/C14H11Br2ClN2O2/c1-18-9-5-7(13(17)11-3-4-12(16)21-11)8(15)6-10(9)19(2)14(18)20/h3-6,13H,1-2H3. The first-order valence-corrected chi connectivity index (χ1v) is 8.16. The second kappa shape index (κ2) is 5.34. The van der Waals surface area contributed by atoms with Gasteiger partial charge in [0, 0.05) is 18.6 Å². The fourth-order valence-electron chi connectivity index (χ4n) is 2.35. The summed E-state index contributed by atoms with van der Waals surface area (Å²) in [7, 11) is 3.49. The number of benzene rings is 1. The first-order chi connectivity index (χ1) is 9.90. The molecule has 0 aliphatic rings. The molecule has 110 valence electrons. The van der Waals surface area contributed by atoms with E-state index in [-0.39, 0.29) is 5.69 Å². The van der Waals surface area contributed by atoms with E-state index in [1.165, 1.54) is 0 Å². The molecule has 0 amide bonds. The van der Waals surface area contributed by atoms with Crippen molar-refractivity contribution in [3.05, 3.63) is 55.2 Å². The first-order valence-electron chi connectivity index (χ1n) is 6.14. The van der Waals surface area contributed by atoms with E-state index in [1.807, 2.05) is 18.2 Å². The van der Waals surface area contributed by atoms with E-state index in [1.54, 1.807) is 29.3 Å². The van der Waals surface area contributed by atoms with Gasteiger partial charge in [0.25, 0.3) is 0 Å². The van der Waals surface area contributed by atoms with Gasteiger partial charge in [0.05, 0.1) is 11.0 Å². The Balaban J connectivity index is 2.21. The lowest BCUT2D eigenvalue weighted by molar-refractivity contribution is 0.494. The van der Waals surface area contributed by atoms with E-state index in [0.717, 1.165) is 21.1 Å². The third kappa shape index (κ3) is 2.39. The maximum Gasteiger partial charge on any atom is 0.328 e. The molecule has 3 aromatic rings. The highest BCUT2D eigenvalue weighted by atomic mass is 79.9. The third-order valence-corrected chi connectivity index (χ3v) is 5.07. The van der Waals surface area contributed by atoms with E-state index >= 15 is 0 Å². The molecule has 7 heteroatoms. The van der Waals surface area contributed by atoms with Crippen LogP contribution in [0.5, 0.6) is 0 Å². The van der Waals surface area contributed by atoms with Crippen LogP contribution in [0.4, 0.5) is 0 Å². The Hall–Kier alpha value is -0.980. The summed E-state index contributed by atoms with van der Waals surface area (Å²) in [6, 6.07) is 7.44. The van der Waals surface area contributed by atoms with E-state index in [2.05, 4.69) is 31.9 Å². The number of furan rings is 1. The summed E-state index contributed by atoms with van der Waals surface area (Å²) < 4.78 is 10.2. The zero-order chi connectivity index (χ0) is 15.3. The predicted molar refractivity (Wildman–Crippen MR) is 90.0 cm³/mol.